The fourth-order valence-corrected chi connectivity index (χ4v) is 4.70. The Morgan fingerprint density at radius 1 is 0.857 bits per heavy atom. The van der Waals surface area contributed by atoms with Gasteiger partial charge in [0.05, 0.1) is 5.92 Å². The minimum absolute atomic E-state index is 0.204. The Balaban J connectivity index is 1.36. The maximum Gasteiger partial charge on any atom is 0.202 e. The topological polar surface area (TPSA) is 50.8 Å². The molecule has 1 aliphatic heterocycles. The molecule has 3 aromatic rings. The van der Waals surface area contributed by atoms with E-state index < -0.39 is 5.72 Å². The van der Waals surface area contributed by atoms with Crippen LogP contribution in [0.5, 0.6) is 17.2 Å². The van der Waals surface area contributed by atoms with E-state index in [0.29, 0.717) is 0 Å². The van der Waals surface area contributed by atoms with Crippen LogP contribution in [-0.2, 0) is 11.2 Å². The number of nitrogens with one attached hydrogen (secondary N) is 1. The fourth-order valence-electron chi connectivity index (χ4n) is 4.70. The molecule has 5 rings (SSSR count). The minimum Gasteiger partial charge on any atom is -0.465 e. The molecule has 0 spiro atoms. The second kappa shape index (κ2) is 10.7. The van der Waals surface area contributed by atoms with Crippen LogP contribution in [0.25, 0.3) is 0 Å². The van der Waals surface area contributed by atoms with Crippen LogP contribution in [0, 0.1) is 5.92 Å². The van der Waals surface area contributed by atoms with Gasteiger partial charge in [-0.15, -0.1) is 0 Å². The van der Waals surface area contributed by atoms with E-state index >= 15 is 0 Å². The molecule has 0 radical (unpaired) electrons. The fraction of sp³-hybridized carbons (Fsp3) is 0.233. The molecule has 0 aromatic heterocycles. The third kappa shape index (κ3) is 5.53. The van der Waals surface area contributed by atoms with E-state index in [2.05, 4.69) is 22.3 Å². The number of ether oxygens (including phenoxy) is 2. The predicted octanol–water partition coefficient (Wildman–Crippen LogP) is 5.01. The number of benzene rings is 3. The van der Waals surface area contributed by atoms with Gasteiger partial charge in [0.1, 0.15) is 23.5 Å². The lowest BCUT2D eigenvalue weighted by molar-refractivity contribution is -0.109. The summed E-state index contributed by atoms with van der Waals surface area (Å²) in [6, 6.07) is 28.2. The first-order valence-electron chi connectivity index (χ1n) is 12.1. The molecule has 0 saturated carbocycles. The summed E-state index contributed by atoms with van der Waals surface area (Å²) in [7, 11) is 0. The third-order valence-corrected chi connectivity index (χ3v) is 6.47. The molecular formula is C30H30N2O3. The Bertz CT molecular complexity index is 1150. The first-order chi connectivity index (χ1) is 17.2. The number of nitrogens with zero attached hydrogens (tertiary/aromatic N) is 1. The van der Waals surface area contributed by atoms with E-state index in [0.717, 1.165) is 49.6 Å². The lowest BCUT2D eigenvalue weighted by atomic mass is 9.93. The summed E-state index contributed by atoms with van der Waals surface area (Å²) >= 11 is 0. The molecule has 1 aliphatic carbocycles. The molecule has 2 aliphatic rings. The first kappa shape index (κ1) is 23.1. The van der Waals surface area contributed by atoms with Crippen molar-refractivity contribution in [2.24, 2.45) is 5.92 Å². The number of para-hydroxylation sites is 2. The second-order valence-electron chi connectivity index (χ2n) is 8.91. The van der Waals surface area contributed by atoms with Gasteiger partial charge in [-0.05, 0) is 60.5 Å². The Hall–Kier alpha value is -3.67. The number of rotatable bonds is 8. The van der Waals surface area contributed by atoms with Crippen LogP contribution in [0.15, 0.2) is 109 Å². The average Bonchev–Trinajstić information content (AvgIpc) is 2.92. The summed E-state index contributed by atoms with van der Waals surface area (Å²) < 4.78 is 12.6. The Morgan fingerprint density at radius 2 is 1.49 bits per heavy atom. The zero-order chi connectivity index (χ0) is 23.9. The molecule has 3 aromatic carbocycles. The Kier molecular flexibility index (Phi) is 7.07. The molecule has 5 nitrogen and oxygen atoms in total. The Morgan fingerprint density at radius 3 is 2.14 bits per heavy atom. The van der Waals surface area contributed by atoms with Crippen molar-refractivity contribution >= 4 is 6.29 Å². The van der Waals surface area contributed by atoms with Gasteiger partial charge in [0.25, 0.3) is 0 Å². The van der Waals surface area contributed by atoms with Gasteiger partial charge in [-0.1, -0.05) is 60.7 Å². The van der Waals surface area contributed by atoms with Crippen LogP contribution in [0.2, 0.25) is 0 Å². The third-order valence-electron chi connectivity index (χ3n) is 6.47. The van der Waals surface area contributed by atoms with E-state index in [1.165, 1.54) is 5.56 Å². The lowest BCUT2D eigenvalue weighted by Gasteiger charge is -2.47. The SMILES string of the molecule is O=CC1C=CC(Oc2ccccc2)(N2CCNCC2Cc2ccc(Oc3ccccc3)cc2)C=C1. The highest BCUT2D eigenvalue weighted by Gasteiger charge is 2.41. The number of aldehydes is 1. The first-order valence-corrected chi connectivity index (χ1v) is 12.1. The van der Waals surface area contributed by atoms with Crippen LogP contribution in [-0.4, -0.2) is 42.6 Å². The maximum absolute atomic E-state index is 11.4. The van der Waals surface area contributed by atoms with E-state index in [1.807, 2.05) is 97.1 Å². The van der Waals surface area contributed by atoms with Crippen molar-refractivity contribution in [2.45, 2.75) is 18.2 Å². The Labute approximate surface area is 206 Å². The minimum atomic E-state index is -0.746. The monoisotopic (exact) mass is 466 g/mol. The van der Waals surface area contributed by atoms with E-state index in [-0.39, 0.29) is 12.0 Å². The quantitative estimate of drug-likeness (QED) is 0.374. The average molecular weight is 467 g/mol. The van der Waals surface area contributed by atoms with Gasteiger partial charge < -0.3 is 19.6 Å². The van der Waals surface area contributed by atoms with Gasteiger partial charge in [0.2, 0.25) is 5.72 Å². The lowest BCUT2D eigenvalue weighted by Crippen LogP contribution is -2.63. The smallest absolute Gasteiger partial charge is 0.202 e. The standard InChI is InChI=1S/C30H30N2O3/c33-23-25-15-17-30(18-16-25,35-29-9-5-2-6-10-29)32-20-19-31-22-26(32)21-24-11-13-28(14-12-24)34-27-7-3-1-4-8-27/h1-18,23,25-26,31H,19-22H2. The highest BCUT2D eigenvalue weighted by molar-refractivity contribution is 5.61. The molecule has 1 saturated heterocycles. The molecule has 1 atom stereocenters. The van der Waals surface area contributed by atoms with Gasteiger partial charge in [0.15, 0.2) is 0 Å². The normalized spacial score (nSPS) is 24.1. The van der Waals surface area contributed by atoms with E-state index in [9.17, 15) is 4.79 Å². The largest absolute Gasteiger partial charge is 0.465 e. The number of allylic oxidation sites excluding steroid dienone is 2. The maximum atomic E-state index is 11.4. The second-order valence-corrected chi connectivity index (χ2v) is 8.91. The van der Waals surface area contributed by atoms with Crippen LogP contribution >= 0.6 is 0 Å². The number of carbonyl (C=O) groups is 1. The van der Waals surface area contributed by atoms with Crippen molar-refractivity contribution < 1.29 is 14.3 Å². The zero-order valence-electron chi connectivity index (χ0n) is 19.6. The number of hydrogen-bond donors (Lipinski definition) is 1. The summed E-state index contributed by atoms with van der Waals surface area (Å²) in [5.41, 5.74) is 0.484. The molecule has 178 valence electrons. The predicted molar refractivity (Wildman–Crippen MR) is 138 cm³/mol. The summed E-state index contributed by atoms with van der Waals surface area (Å²) in [4.78, 5) is 13.8. The molecule has 1 fully saturated rings. The molecule has 0 bridgehead atoms. The summed E-state index contributed by atoms with van der Waals surface area (Å²) in [5.74, 6) is 2.22. The zero-order valence-corrected chi connectivity index (χ0v) is 19.6. The molecule has 1 N–H and O–H groups in total. The molecule has 1 heterocycles. The number of hydrogen-bond acceptors (Lipinski definition) is 5. The highest BCUT2D eigenvalue weighted by Crippen LogP contribution is 2.32. The van der Waals surface area contributed by atoms with Gasteiger partial charge in [0, 0.05) is 25.7 Å². The van der Waals surface area contributed by atoms with Crippen LogP contribution in [0.1, 0.15) is 5.56 Å². The number of piperazine rings is 1. The molecule has 0 amide bonds. The van der Waals surface area contributed by atoms with Gasteiger partial charge in [-0.2, -0.15) is 0 Å². The molecule has 35 heavy (non-hydrogen) atoms. The van der Waals surface area contributed by atoms with Crippen molar-refractivity contribution in [1.29, 1.82) is 0 Å². The van der Waals surface area contributed by atoms with Crippen molar-refractivity contribution in [3.05, 3.63) is 115 Å². The van der Waals surface area contributed by atoms with Gasteiger partial charge in [-0.25, -0.2) is 0 Å². The molecule has 5 heteroatoms. The van der Waals surface area contributed by atoms with E-state index in [4.69, 9.17) is 9.47 Å². The van der Waals surface area contributed by atoms with Gasteiger partial charge in [-0.3, -0.25) is 4.90 Å². The van der Waals surface area contributed by atoms with Crippen LogP contribution in [0.4, 0.5) is 0 Å². The summed E-state index contributed by atoms with van der Waals surface area (Å²) in [5, 5.41) is 3.54. The molecular weight excluding hydrogens is 436 g/mol. The summed E-state index contributed by atoms with van der Waals surface area (Å²) in [6.07, 6.45) is 9.75. The van der Waals surface area contributed by atoms with Crippen LogP contribution in [0.3, 0.4) is 0 Å². The number of carbonyl (C=O) groups excluding carboxylic acids is 1. The van der Waals surface area contributed by atoms with Crippen molar-refractivity contribution in [1.82, 2.24) is 10.2 Å². The van der Waals surface area contributed by atoms with Crippen molar-refractivity contribution in [3.8, 4) is 17.2 Å². The molecule has 1 unspecified atom stereocenters. The van der Waals surface area contributed by atoms with Crippen LogP contribution < -0.4 is 14.8 Å². The van der Waals surface area contributed by atoms with E-state index in [1.54, 1.807) is 0 Å². The van der Waals surface area contributed by atoms with Crippen molar-refractivity contribution in [2.75, 3.05) is 19.6 Å². The van der Waals surface area contributed by atoms with Gasteiger partial charge >= 0.3 is 0 Å². The highest BCUT2D eigenvalue weighted by atomic mass is 16.5. The summed E-state index contributed by atoms with van der Waals surface area (Å²) in [6.45, 7) is 2.55. The van der Waals surface area contributed by atoms with Crippen molar-refractivity contribution in [3.63, 3.8) is 0 Å².